The minimum absolute atomic E-state index is 0.116. The minimum Gasteiger partial charge on any atom is -0.543 e. The number of aliphatic carboxylic acids is 1. The molecule has 0 aromatic carbocycles. The van der Waals surface area contributed by atoms with Crippen molar-refractivity contribution in [1.82, 2.24) is 9.80 Å². The number of carbonyl (C=O) groups excluding carboxylic acids is 3. The molecule has 1 saturated heterocycles. The number of imide groups is 1. The number of ether oxygens (including phenoxy) is 1. The highest BCUT2D eigenvalue weighted by atomic mass is 16.5. The van der Waals surface area contributed by atoms with Gasteiger partial charge in [0.2, 0.25) is 5.91 Å². The fraction of sp³-hybridized carbons (Fsp3) is 0.600. The Balaban J connectivity index is 2.03. The molecule has 0 atom stereocenters. The largest absolute Gasteiger partial charge is 0.543 e. The highest BCUT2D eigenvalue weighted by Crippen LogP contribution is 2.09. The summed E-state index contributed by atoms with van der Waals surface area (Å²) in [4.78, 5) is 39.9. The van der Waals surface area contributed by atoms with Crippen molar-refractivity contribution in [1.29, 1.82) is 0 Å². The number of carbonyl (C=O) groups is 3. The average molecular weight is 254 g/mol. The molecule has 98 valence electrons. The predicted molar refractivity (Wildman–Crippen MR) is 56.6 cm³/mol. The highest BCUT2D eigenvalue weighted by molar-refractivity contribution is 6.41. The van der Waals surface area contributed by atoms with Gasteiger partial charge in [-0.2, -0.15) is 4.99 Å². The first-order valence-corrected chi connectivity index (χ1v) is 5.51. The number of carboxylic acids is 1. The molecule has 0 spiro atoms. The lowest BCUT2D eigenvalue weighted by molar-refractivity contribution is -0.294. The van der Waals surface area contributed by atoms with E-state index in [1.165, 1.54) is 0 Å². The molecule has 0 aromatic heterocycles. The topological polar surface area (TPSA) is 102 Å². The van der Waals surface area contributed by atoms with E-state index < -0.39 is 30.0 Å². The van der Waals surface area contributed by atoms with Crippen LogP contribution in [-0.2, 0) is 14.3 Å². The Labute approximate surface area is 103 Å². The van der Waals surface area contributed by atoms with E-state index in [1.54, 1.807) is 0 Å². The lowest BCUT2D eigenvalue weighted by Crippen LogP contribution is -2.51. The Kier molecular flexibility index (Phi) is 3.68. The van der Waals surface area contributed by atoms with Gasteiger partial charge < -0.3 is 14.6 Å². The average Bonchev–Trinajstić information content (AvgIpc) is 2.34. The molecule has 1 fully saturated rings. The molecule has 0 bridgehead atoms. The summed E-state index contributed by atoms with van der Waals surface area (Å²) in [7, 11) is 0. The summed E-state index contributed by atoms with van der Waals surface area (Å²) in [6, 6.07) is -0.850. The molecule has 3 amide bonds. The number of morpholine rings is 1. The molecule has 0 radical (unpaired) electrons. The zero-order valence-electron chi connectivity index (χ0n) is 9.63. The van der Waals surface area contributed by atoms with Crippen LogP contribution < -0.4 is 5.11 Å². The van der Waals surface area contributed by atoms with E-state index >= 15 is 0 Å². The van der Waals surface area contributed by atoms with Crippen LogP contribution in [0.3, 0.4) is 0 Å². The molecule has 18 heavy (non-hydrogen) atoms. The second-order valence-corrected chi connectivity index (χ2v) is 4.00. The summed E-state index contributed by atoms with van der Waals surface area (Å²) in [6.07, 6.45) is -0.404. The highest BCUT2D eigenvalue weighted by Gasteiger charge is 2.30. The number of aliphatic imine (C=N–C) groups is 1. The molecule has 0 N–H and O–H groups in total. The predicted octanol–water partition coefficient (Wildman–Crippen LogP) is -2.18. The van der Waals surface area contributed by atoms with E-state index in [0.717, 1.165) is 4.90 Å². The number of hydrogen-bond donors (Lipinski definition) is 0. The Bertz CT molecular complexity index is 414. The first kappa shape index (κ1) is 12.7. The van der Waals surface area contributed by atoms with Crippen LogP contribution in [0.5, 0.6) is 0 Å². The fourth-order valence-corrected chi connectivity index (χ4v) is 1.76. The summed E-state index contributed by atoms with van der Waals surface area (Å²) in [6.45, 7) is 2.45. The number of nitrogens with zero attached hydrogens (tertiary/aromatic N) is 3. The Morgan fingerprint density at radius 1 is 1.33 bits per heavy atom. The Hall–Kier alpha value is -1.80. The zero-order chi connectivity index (χ0) is 13.1. The van der Waals surface area contributed by atoms with E-state index in [4.69, 9.17) is 4.74 Å². The summed E-state index contributed by atoms with van der Waals surface area (Å²) < 4.78 is 5.15. The standard InChI is InChI=1S/C10H13N3O5/c14-8-5-7(9(15)16)11-10(17)13(8)6-12-1-3-18-4-2-12/h1-6H2,(H,15,16)/p-1. The molecular weight excluding hydrogens is 242 g/mol. The maximum Gasteiger partial charge on any atom is 0.351 e. The Morgan fingerprint density at radius 3 is 2.56 bits per heavy atom. The minimum atomic E-state index is -1.58. The maximum atomic E-state index is 11.7. The van der Waals surface area contributed by atoms with E-state index in [9.17, 15) is 19.5 Å². The van der Waals surface area contributed by atoms with Crippen LogP contribution >= 0.6 is 0 Å². The normalized spacial score (nSPS) is 22.0. The lowest BCUT2D eigenvalue weighted by atomic mass is 10.2. The molecular formula is C10H12N3O5-. The second-order valence-electron chi connectivity index (χ2n) is 4.00. The van der Waals surface area contributed by atoms with Crippen molar-refractivity contribution in [2.24, 2.45) is 4.99 Å². The van der Waals surface area contributed by atoms with Crippen molar-refractivity contribution in [3.8, 4) is 0 Å². The van der Waals surface area contributed by atoms with Crippen LogP contribution in [0.15, 0.2) is 4.99 Å². The summed E-state index contributed by atoms with van der Waals surface area (Å²) in [5, 5.41) is 10.6. The lowest BCUT2D eigenvalue weighted by Gasteiger charge is -2.32. The molecule has 2 rings (SSSR count). The van der Waals surface area contributed by atoms with Gasteiger partial charge in [0.25, 0.3) is 0 Å². The summed E-state index contributed by atoms with van der Waals surface area (Å²) in [5.41, 5.74) is -0.511. The second kappa shape index (κ2) is 5.23. The third-order valence-electron chi connectivity index (χ3n) is 2.76. The first-order chi connectivity index (χ1) is 8.58. The zero-order valence-corrected chi connectivity index (χ0v) is 9.63. The molecule has 0 saturated carbocycles. The number of amides is 3. The monoisotopic (exact) mass is 254 g/mol. The van der Waals surface area contributed by atoms with Gasteiger partial charge in [0.15, 0.2) is 0 Å². The molecule has 2 aliphatic heterocycles. The van der Waals surface area contributed by atoms with Crippen molar-refractivity contribution in [2.75, 3.05) is 33.0 Å². The van der Waals surface area contributed by atoms with Gasteiger partial charge in [-0.25, -0.2) is 9.69 Å². The van der Waals surface area contributed by atoms with Crippen LogP contribution in [0.4, 0.5) is 4.79 Å². The number of urea groups is 1. The fourth-order valence-electron chi connectivity index (χ4n) is 1.76. The van der Waals surface area contributed by atoms with Crippen LogP contribution in [-0.4, -0.2) is 66.4 Å². The summed E-state index contributed by atoms with van der Waals surface area (Å²) in [5.74, 6) is -2.15. The van der Waals surface area contributed by atoms with Crippen LogP contribution in [0.2, 0.25) is 0 Å². The van der Waals surface area contributed by atoms with E-state index in [2.05, 4.69) is 4.99 Å². The number of rotatable bonds is 3. The molecule has 0 aromatic rings. The van der Waals surface area contributed by atoms with Gasteiger partial charge in [0.1, 0.15) is 0 Å². The van der Waals surface area contributed by atoms with Crippen molar-refractivity contribution in [3.63, 3.8) is 0 Å². The van der Waals surface area contributed by atoms with Gasteiger partial charge in [0.05, 0.1) is 38.0 Å². The van der Waals surface area contributed by atoms with Crippen molar-refractivity contribution in [2.45, 2.75) is 6.42 Å². The Morgan fingerprint density at radius 2 is 2.00 bits per heavy atom. The molecule has 8 nitrogen and oxygen atoms in total. The molecule has 8 heteroatoms. The van der Waals surface area contributed by atoms with Gasteiger partial charge in [-0.15, -0.1) is 0 Å². The van der Waals surface area contributed by atoms with Crippen molar-refractivity contribution in [3.05, 3.63) is 0 Å². The third kappa shape index (κ3) is 2.71. The van der Waals surface area contributed by atoms with Crippen LogP contribution in [0, 0.1) is 0 Å². The van der Waals surface area contributed by atoms with Gasteiger partial charge in [0, 0.05) is 13.1 Å². The van der Waals surface area contributed by atoms with Crippen molar-refractivity contribution >= 4 is 23.6 Å². The van der Waals surface area contributed by atoms with Gasteiger partial charge >= 0.3 is 6.03 Å². The number of hydrogen-bond acceptors (Lipinski definition) is 6. The van der Waals surface area contributed by atoms with Gasteiger partial charge in [-0.05, 0) is 0 Å². The van der Waals surface area contributed by atoms with E-state index in [-0.39, 0.29) is 6.67 Å². The van der Waals surface area contributed by atoms with E-state index in [1.807, 2.05) is 4.90 Å². The SMILES string of the molecule is O=C([O-])C1=NC(=O)N(CN2CCOCC2)C(=O)C1. The summed E-state index contributed by atoms with van der Waals surface area (Å²) >= 11 is 0. The molecule has 0 aliphatic carbocycles. The quantitative estimate of drug-likeness (QED) is 0.567. The maximum absolute atomic E-state index is 11.7. The van der Waals surface area contributed by atoms with Gasteiger partial charge in [-0.3, -0.25) is 9.69 Å². The smallest absolute Gasteiger partial charge is 0.351 e. The number of carboxylic acid groups (broad SMARTS) is 1. The van der Waals surface area contributed by atoms with E-state index in [0.29, 0.717) is 26.3 Å². The molecule has 2 heterocycles. The third-order valence-corrected chi connectivity index (χ3v) is 2.76. The van der Waals surface area contributed by atoms with Gasteiger partial charge in [-0.1, -0.05) is 0 Å². The van der Waals surface area contributed by atoms with Crippen LogP contribution in [0.25, 0.3) is 0 Å². The molecule has 2 aliphatic rings. The molecule has 0 unspecified atom stereocenters. The van der Waals surface area contributed by atoms with Crippen molar-refractivity contribution < 1.29 is 24.2 Å². The van der Waals surface area contributed by atoms with Crippen LogP contribution in [0.1, 0.15) is 6.42 Å². The first-order valence-electron chi connectivity index (χ1n) is 5.51.